The molecule has 1 aliphatic rings. The van der Waals surface area contributed by atoms with Crippen molar-refractivity contribution in [3.05, 3.63) is 63.5 Å². The second-order valence-electron chi connectivity index (χ2n) is 7.35. The van der Waals surface area contributed by atoms with Crippen LogP contribution in [0.5, 0.6) is 5.75 Å². The van der Waals surface area contributed by atoms with E-state index in [0.717, 1.165) is 56.3 Å². The molecule has 7 nitrogen and oxygen atoms in total. The topological polar surface area (TPSA) is 73.4 Å². The zero-order valence-electron chi connectivity index (χ0n) is 16.9. The fourth-order valence-corrected chi connectivity index (χ4v) is 3.98. The Morgan fingerprint density at radius 1 is 1.21 bits per heavy atom. The van der Waals surface area contributed by atoms with E-state index in [0.29, 0.717) is 11.9 Å². The average Bonchev–Trinajstić information content (AvgIpc) is 3.32. The Labute approximate surface area is 170 Å². The minimum atomic E-state index is -0.367. The largest absolute Gasteiger partial charge is 0.493 e. The SMILES string of the molecule is CCN(CC)CCn1c(Cc2ccc3c(c2)CCO3)nc2cc([N+](=O)[O-])ccc21. The number of benzene rings is 2. The minimum Gasteiger partial charge on any atom is -0.493 e. The molecule has 0 bridgehead atoms. The molecule has 2 heterocycles. The van der Waals surface area contributed by atoms with Crippen LogP contribution < -0.4 is 4.74 Å². The number of imidazole rings is 1. The van der Waals surface area contributed by atoms with Gasteiger partial charge in [-0.05, 0) is 36.3 Å². The van der Waals surface area contributed by atoms with Crippen LogP contribution in [0.15, 0.2) is 36.4 Å². The number of ether oxygens (including phenoxy) is 1. The number of nitrogens with zero attached hydrogens (tertiary/aromatic N) is 4. The lowest BCUT2D eigenvalue weighted by Crippen LogP contribution is -2.27. The van der Waals surface area contributed by atoms with E-state index < -0.39 is 0 Å². The summed E-state index contributed by atoms with van der Waals surface area (Å²) in [6.45, 7) is 8.77. The fourth-order valence-electron chi connectivity index (χ4n) is 3.98. The molecule has 0 aliphatic carbocycles. The molecule has 0 saturated carbocycles. The van der Waals surface area contributed by atoms with Crippen molar-refractivity contribution in [2.75, 3.05) is 26.2 Å². The molecular formula is C22H26N4O3. The first-order chi connectivity index (χ1) is 14.1. The molecule has 0 unspecified atom stereocenters. The van der Waals surface area contributed by atoms with Crippen molar-refractivity contribution in [2.24, 2.45) is 0 Å². The van der Waals surface area contributed by atoms with Crippen LogP contribution in [0.25, 0.3) is 11.0 Å². The van der Waals surface area contributed by atoms with Gasteiger partial charge in [0.05, 0.1) is 22.6 Å². The fraction of sp³-hybridized carbons (Fsp3) is 0.409. The Morgan fingerprint density at radius 3 is 2.79 bits per heavy atom. The highest BCUT2D eigenvalue weighted by atomic mass is 16.6. The molecule has 7 heteroatoms. The van der Waals surface area contributed by atoms with E-state index in [1.807, 2.05) is 12.1 Å². The molecule has 0 N–H and O–H groups in total. The first kappa shape index (κ1) is 19.4. The van der Waals surface area contributed by atoms with Gasteiger partial charge in [-0.1, -0.05) is 26.0 Å². The third kappa shape index (κ3) is 3.96. The van der Waals surface area contributed by atoms with Crippen LogP contribution in [0.4, 0.5) is 5.69 Å². The Bertz CT molecular complexity index is 1040. The monoisotopic (exact) mass is 394 g/mol. The lowest BCUT2D eigenvalue weighted by molar-refractivity contribution is -0.384. The van der Waals surface area contributed by atoms with Crippen molar-refractivity contribution in [3.8, 4) is 5.75 Å². The highest BCUT2D eigenvalue weighted by Gasteiger charge is 2.17. The summed E-state index contributed by atoms with van der Waals surface area (Å²) in [6.07, 6.45) is 1.63. The Hall–Kier alpha value is -2.93. The number of rotatable bonds is 8. The van der Waals surface area contributed by atoms with Gasteiger partial charge in [0.2, 0.25) is 0 Å². The van der Waals surface area contributed by atoms with Crippen molar-refractivity contribution in [3.63, 3.8) is 0 Å². The number of aromatic nitrogens is 2. The number of non-ortho nitro benzene ring substituents is 1. The van der Waals surface area contributed by atoms with E-state index in [-0.39, 0.29) is 10.6 Å². The van der Waals surface area contributed by atoms with Crippen LogP contribution in [-0.4, -0.2) is 45.6 Å². The predicted octanol–water partition coefficient (Wildman–Crippen LogP) is 3.81. The molecule has 1 aromatic heterocycles. The quantitative estimate of drug-likeness (QED) is 0.429. The maximum atomic E-state index is 11.2. The van der Waals surface area contributed by atoms with Gasteiger partial charge in [0, 0.05) is 38.1 Å². The molecule has 152 valence electrons. The third-order valence-corrected chi connectivity index (χ3v) is 5.67. The highest BCUT2D eigenvalue weighted by Crippen LogP contribution is 2.28. The van der Waals surface area contributed by atoms with E-state index in [1.54, 1.807) is 12.1 Å². The normalized spacial score (nSPS) is 13.1. The summed E-state index contributed by atoms with van der Waals surface area (Å²) in [5.41, 5.74) is 4.12. The maximum Gasteiger partial charge on any atom is 0.271 e. The Balaban J connectivity index is 1.70. The van der Waals surface area contributed by atoms with Gasteiger partial charge in [0.25, 0.3) is 5.69 Å². The molecule has 0 saturated heterocycles. The molecule has 29 heavy (non-hydrogen) atoms. The lowest BCUT2D eigenvalue weighted by Gasteiger charge is -2.19. The van der Waals surface area contributed by atoms with Crippen LogP contribution >= 0.6 is 0 Å². The molecular weight excluding hydrogens is 368 g/mol. The smallest absolute Gasteiger partial charge is 0.271 e. The molecule has 0 spiro atoms. The van der Waals surface area contributed by atoms with Crippen LogP contribution in [0, 0.1) is 10.1 Å². The average molecular weight is 394 g/mol. The summed E-state index contributed by atoms with van der Waals surface area (Å²) in [7, 11) is 0. The molecule has 0 radical (unpaired) electrons. The van der Waals surface area contributed by atoms with Crippen LogP contribution in [0.1, 0.15) is 30.8 Å². The molecule has 0 atom stereocenters. The first-order valence-corrected chi connectivity index (χ1v) is 10.2. The molecule has 1 aliphatic heterocycles. The highest BCUT2D eigenvalue weighted by molar-refractivity contribution is 5.79. The molecule has 4 rings (SSSR count). The second-order valence-corrected chi connectivity index (χ2v) is 7.35. The van der Waals surface area contributed by atoms with E-state index in [9.17, 15) is 10.1 Å². The predicted molar refractivity (Wildman–Crippen MR) is 113 cm³/mol. The van der Waals surface area contributed by atoms with E-state index in [2.05, 4.69) is 35.4 Å². The van der Waals surface area contributed by atoms with Crippen molar-refractivity contribution >= 4 is 16.7 Å². The minimum absolute atomic E-state index is 0.0760. The van der Waals surface area contributed by atoms with Gasteiger partial charge in [-0.2, -0.15) is 0 Å². The van der Waals surface area contributed by atoms with E-state index >= 15 is 0 Å². The zero-order valence-corrected chi connectivity index (χ0v) is 16.9. The Morgan fingerprint density at radius 2 is 2.03 bits per heavy atom. The van der Waals surface area contributed by atoms with Crippen molar-refractivity contribution in [1.82, 2.24) is 14.5 Å². The second kappa shape index (κ2) is 8.21. The summed E-state index contributed by atoms with van der Waals surface area (Å²) in [5.74, 6) is 1.91. The number of hydrogen-bond acceptors (Lipinski definition) is 5. The standard InChI is InChI=1S/C22H26N4O3/c1-3-24(4-2)10-11-25-20-7-6-18(26(27)28)15-19(20)23-22(25)14-16-5-8-21-17(13-16)9-12-29-21/h5-8,13,15H,3-4,9-12,14H2,1-2H3. The van der Waals surface area contributed by atoms with Gasteiger partial charge in [-0.3, -0.25) is 10.1 Å². The lowest BCUT2D eigenvalue weighted by atomic mass is 10.1. The van der Waals surface area contributed by atoms with Crippen LogP contribution in [-0.2, 0) is 19.4 Å². The van der Waals surface area contributed by atoms with Gasteiger partial charge in [0.15, 0.2) is 0 Å². The first-order valence-electron chi connectivity index (χ1n) is 10.2. The maximum absolute atomic E-state index is 11.2. The third-order valence-electron chi connectivity index (χ3n) is 5.67. The van der Waals surface area contributed by atoms with Gasteiger partial charge in [0.1, 0.15) is 11.6 Å². The number of fused-ring (bicyclic) bond motifs is 2. The number of nitro benzene ring substituents is 1. The van der Waals surface area contributed by atoms with Crippen molar-refractivity contribution in [2.45, 2.75) is 33.2 Å². The number of hydrogen-bond donors (Lipinski definition) is 0. The van der Waals surface area contributed by atoms with Crippen LogP contribution in [0.3, 0.4) is 0 Å². The number of nitro groups is 1. The molecule has 0 fully saturated rings. The van der Waals surface area contributed by atoms with Gasteiger partial charge < -0.3 is 14.2 Å². The zero-order chi connectivity index (χ0) is 20.4. The summed E-state index contributed by atoms with van der Waals surface area (Å²) in [4.78, 5) is 18.0. The Kier molecular flexibility index (Phi) is 5.49. The van der Waals surface area contributed by atoms with Crippen LogP contribution in [0.2, 0.25) is 0 Å². The molecule has 3 aromatic rings. The summed E-state index contributed by atoms with van der Waals surface area (Å²) >= 11 is 0. The summed E-state index contributed by atoms with van der Waals surface area (Å²) in [6, 6.07) is 11.3. The summed E-state index contributed by atoms with van der Waals surface area (Å²) in [5, 5.41) is 11.2. The van der Waals surface area contributed by atoms with E-state index in [4.69, 9.17) is 9.72 Å². The number of likely N-dealkylation sites (N-methyl/N-ethyl adjacent to an activating group) is 1. The van der Waals surface area contributed by atoms with Gasteiger partial charge in [-0.25, -0.2) is 4.98 Å². The summed E-state index contributed by atoms with van der Waals surface area (Å²) < 4.78 is 7.82. The van der Waals surface area contributed by atoms with Crippen molar-refractivity contribution in [1.29, 1.82) is 0 Å². The molecule has 2 aromatic carbocycles. The van der Waals surface area contributed by atoms with E-state index in [1.165, 1.54) is 11.1 Å². The van der Waals surface area contributed by atoms with Gasteiger partial charge >= 0.3 is 0 Å². The van der Waals surface area contributed by atoms with Crippen molar-refractivity contribution < 1.29 is 9.66 Å². The van der Waals surface area contributed by atoms with Gasteiger partial charge in [-0.15, -0.1) is 0 Å². The molecule has 0 amide bonds.